The smallest absolute Gasteiger partial charge is 0.231 e. The van der Waals surface area contributed by atoms with Crippen LogP contribution in [0.5, 0.6) is 0 Å². The summed E-state index contributed by atoms with van der Waals surface area (Å²) >= 11 is 0. The molecule has 0 bridgehead atoms. The van der Waals surface area contributed by atoms with Gasteiger partial charge in [0.25, 0.3) is 0 Å². The van der Waals surface area contributed by atoms with Crippen molar-refractivity contribution in [1.29, 1.82) is 0 Å². The van der Waals surface area contributed by atoms with E-state index in [9.17, 15) is 4.79 Å². The zero-order valence-corrected chi connectivity index (χ0v) is 11.2. The lowest BCUT2D eigenvalue weighted by Gasteiger charge is -2.12. The van der Waals surface area contributed by atoms with Gasteiger partial charge in [0.05, 0.1) is 5.69 Å². The number of rotatable bonds is 3. The molecule has 96 valence electrons. The summed E-state index contributed by atoms with van der Waals surface area (Å²) in [4.78, 5) is 15.7. The van der Waals surface area contributed by atoms with Crippen molar-refractivity contribution in [1.82, 2.24) is 4.98 Å². The van der Waals surface area contributed by atoms with Crippen LogP contribution in [0.3, 0.4) is 0 Å². The van der Waals surface area contributed by atoms with Crippen LogP contribution in [-0.2, 0) is 4.79 Å². The number of hydrogen-bond acceptors (Lipinski definition) is 2. The first-order valence-electron chi connectivity index (χ1n) is 5.04. The molecule has 0 saturated carbocycles. The van der Waals surface area contributed by atoms with Crippen LogP contribution in [0.15, 0.2) is 54.7 Å². The Bertz CT molecular complexity index is 437. The molecule has 1 aromatic heterocycles. The quantitative estimate of drug-likeness (QED) is 0.942. The predicted molar refractivity (Wildman–Crippen MR) is 76.2 cm³/mol. The molecule has 0 radical (unpaired) electrons. The lowest BCUT2D eigenvalue weighted by molar-refractivity contribution is -0.118. The molecule has 1 amide bonds. The van der Waals surface area contributed by atoms with E-state index >= 15 is 0 Å². The van der Waals surface area contributed by atoms with Gasteiger partial charge in [0, 0.05) is 6.20 Å². The Morgan fingerprint density at radius 2 is 1.61 bits per heavy atom. The van der Waals surface area contributed by atoms with Crippen molar-refractivity contribution >= 4 is 30.7 Å². The predicted octanol–water partition coefficient (Wildman–Crippen LogP) is 2.54. The number of primary amides is 1. The molecule has 0 aliphatic heterocycles. The maximum atomic E-state index is 11.5. The van der Waals surface area contributed by atoms with Gasteiger partial charge in [0.2, 0.25) is 5.91 Å². The highest BCUT2D eigenvalue weighted by Gasteiger charge is 2.20. The molecule has 0 unspecified atom stereocenters. The molecule has 5 heteroatoms. The molecule has 2 N–H and O–H groups in total. The minimum absolute atomic E-state index is 0. The maximum Gasteiger partial charge on any atom is 0.231 e. The number of nitrogens with two attached hydrogens (primary N) is 1. The van der Waals surface area contributed by atoms with Crippen LogP contribution < -0.4 is 5.73 Å². The van der Waals surface area contributed by atoms with E-state index in [2.05, 4.69) is 4.98 Å². The third kappa shape index (κ3) is 3.72. The Balaban J connectivity index is 0.00000144. The molecule has 0 saturated heterocycles. The largest absolute Gasteiger partial charge is 0.369 e. The van der Waals surface area contributed by atoms with Crippen LogP contribution in [0.2, 0.25) is 0 Å². The first kappa shape index (κ1) is 16.4. The van der Waals surface area contributed by atoms with Crippen molar-refractivity contribution in [2.24, 2.45) is 5.73 Å². The first-order valence-corrected chi connectivity index (χ1v) is 5.04. The molecule has 2 aromatic rings. The number of benzene rings is 1. The summed E-state index contributed by atoms with van der Waals surface area (Å²) in [7, 11) is 0. The number of carbonyl (C=O) groups is 1. The van der Waals surface area contributed by atoms with Gasteiger partial charge < -0.3 is 5.73 Å². The number of carbonyl (C=O) groups excluding carboxylic acids is 1. The molecular weight excluding hydrogens is 271 g/mol. The fourth-order valence-electron chi connectivity index (χ4n) is 1.67. The van der Waals surface area contributed by atoms with E-state index in [4.69, 9.17) is 5.73 Å². The third-order valence-corrected chi connectivity index (χ3v) is 2.40. The Morgan fingerprint density at radius 3 is 2.11 bits per heavy atom. The minimum Gasteiger partial charge on any atom is -0.369 e. The second kappa shape index (κ2) is 7.69. The van der Waals surface area contributed by atoms with E-state index in [0.29, 0.717) is 5.69 Å². The molecule has 3 nitrogen and oxygen atoms in total. The lowest BCUT2D eigenvalue weighted by atomic mass is 9.95. The van der Waals surface area contributed by atoms with Gasteiger partial charge in [-0.25, -0.2) is 0 Å². The number of aromatic nitrogens is 1. The number of halogens is 2. The highest BCUT2D eigenvalue weighted by Crippen LogP contribution is 2.21. The SMILES string of the molecule is Cl.Cl.NC(=O)[C@@H](c1ccccc1)c1ccccn1. The van der Waals surface area contributed by atoms with Gasteiger partial charge in [-0.05, 0) is 17.7 Å². The summed E-state index contributed by atoms with van der Waals surface area (Å²) in [6, 6.07) is 14.9. The summed E-state index contributed by atoms with van der Waals surface area (Å²) in [5, 5.41) is 0. The van der Waals surface area contributed by atoms with E-state index in [0.717, 1.165) is 5.56 Å². The lowest BCUT2D eigenvalue weighted by Crippen LogP contribution is -2.23. The van der Waals surface area contributed by atoms with Crippen molar-refractivity contribution in [3.63, 3.8) is 0 Å². The molecular formula is C13H14Cl2N2O. The molecule has 0 aliphatic rings. The van der Waals surface area contributed by atoms with Crippen LogP contribution >= 0.6 is 24.8 Å². The molecule has 18 heavy (non-hydrogen) atoms. The van der Waals surface area contributed by atoms with Crippen LogP contribution in [0.4, 0.5) is 0 Å². The van der Waals surface area contributed by atoms with Crippen molar-refractivity contribution < 1.29 is 4.79 Å². The normalized spacial score (nSPS) is 10.7. The van der Waals surface area contributed by atoms with Gasteiger partial charge in [-0.1, -0.05) is 36.4 Å². The van der Waals surface area contributed by atoms with Crippen molar-refractivity contribution in [3.05, 3.63) is 66.0 Å². The number of hydrogen-bond donors (Lipinski definition) is 1. The number of nitrogens with zero attached hydrogens (tertiary/aromatic N) is 1. The van der Waals surface area contributed by atoms with Crippen LogP contribution in [0.25, 0.3) is 0 Å². The van der Waals surface area contributed by atoms with Gasteiger partial charge in [-0.2, -0.15) is 0 Å². The molecule has 1 aromatic carbocycles. The summed E-state index contributed by atoms with van der Waals surface area (Å²) in [6.45, 7) is 0. The summed E-state index contributed by atoms with van der Waals surface area (Å²) in [5.41, 5.74) is 6.97. The van der Waals surface area contributed by atoms with E-state index < -0.39 is 5.92 Å². The van der Waals surface area contributed by atoms with Gasteiger partial charge in [0.1, 0.15) is 5.92 Å². The van der Waals surface area contributed by atoms with Crippen molar-refractivity contribution in [2.45, 2.75) is 5.92 Å². The standard InChI is InChI=1S/C13H12N2O.2ClH/c14-13(16)12(10-6-2-1-3-7-10)11-8-4-5-9-15-11;;/h1-9,12H,(H2,14,16);2*1H/t12-;;/m0../s1. The molecule has 2 rings (SSSR count). The van der Waals surface area contributed by atoms with Gasteiger partial charge in [-0.15, -0.1) is 24.8 Å². The third-order valence-electron chi connectivity index (χ3n) is 2.40. The van der Waals surface area contributed by atoms with Gasteiger partial charge in [-0.3, -0.25) is 9.78 Å². The van der Waals surface area contributed by atoms with Crippen LogP contribution in [-0.4, -0.2) is 10.9 Å². The highest BCUT2D eigenvalue weighted by molar-refractivity contribution is 5.86. The summed E-state index contributed by atoms with van der Waals surface area (Å²) in [5.74, 6) is -0.854. The summed E-state index contributed by atoms with van der Waals surface area (Å²) < 4.78 is 0. The maximum absolute atomic E-state index is 11.5. The van der Waals surface area contributed by atoms with Gasteiger partial charge in [0.15, 0.2) is 0 Å². The van der Waals surface area contributed by atoms with Crippen molar-refractivity contribution in [2.75, 3.05) is 0 Å². The molecule has 0 fully saturated rings. The molecule has 1 atom stereocenters. The minimum atomic E-state index is -0.470. The summed E-state index contributed by atoms with van der Waals surface area (Å²) in [6.07, 6.45) is 1.66. The van der Waals surface area contributed by atoms with E-state index in [1.165, 1.54) is 0 Å². The van der Waals surface area contributed by atoms with E-state index in [-0.39, 0.29) is 30.7 Å². The Labute approximate surface area is 118 Å². The monoisotopic (exact) mass is 284 g/mol. The number of amides is 1. The van der Waals surface area contributed by atoms with Crippen molar-refractivity contribution in [3.8, 4) is 0 Å². The van der Waals surface area contributed by atoms with Gasteiger partial charge >= 0.3 is 0 Å². The fourth-order valence-corrected chi connectivity index (χ4v) is 1.67. The second-order valence-corrected chi connectivity index (χ2v) is 3.50. The second-order valence-electron chi connectivity index (χ2n) is 3.50. The zero-order valence-electron chi connectivity index (χ0n) is 9.52. The first-order chi connectivity index (χ1) is 7.79. The molecule has 0 aliphatic carbocycles. The van der Waals surface area contributed by atoms with E-state index in [1.807, 2.05) is 48.5 Å². The Morgan fingerprint density at radius 1 is 1.00 bits per heavy atom. The highest BCUT2D eigenvalue weighted by atomic mass is 35.5. The van der Waals surface area contributed by atoms with Crippen LogP contribution in [0.1, 0.15) is 17.2 Å². The zero-order chi connectivity index (χ0) is 11.4. The Kier molecular flexibility index (Phi) is 7.01. The topological polar surface area (TPSA) is 56.0 Å². The molecule has 1 heterocycles. The average molecular weight is 285 g/mol. The van der Waals surface area contributed by atoms with E-state index in [1.54, 1.807) is 6.20 Å². The Hall–Kier alpha value is -1.58. The fraction of sp³-hybridized carbons (Fsp3) is 0.0769. The molecule has 0 spiro atoms. The average Bonchev–Trinajstić information content (AvgIpc) is 2.31. The van der Waals surface area contributed by atoms with Crippen LogP contribution in [0, 0.1) is 0 Å². The number of pyridine rings is 1.